The minimum Gasteiger partial charge on any atom is -1.00 e. The number of fused-ring (bicyclic) bond motifs is 1. The van der Waals surface area contributed by atoms with Gasteiger partial charge in [-0.2, -0.15) is 5.56 Å². The first-order chi connectivity index (χ1) is 8.24. The van der Waals surface area contributed by atoms with Crippen molar-refractivity contribution in [3.05, 3.63) is 41.5 Å². The predicted octanol–water partition coefficient (Wildman–Crippen LogP) is -0.998. The van der Waals surface area contributed by atoms with Crippen molar-refractivity contribution in [3.63, 3.8) is 0 Å². The average molecular weight is 588 g/mol. The molecule has 0 atom stereocenters. The Labute approximate surface area is 180 Å². The van der Waals surface area contributed by atoms with Crippen LogP contribution in [-0.4, -0.2) is 9.52 Å². The molecule has 0 N–H and O–H groups in total. The van der Waals surface area contributed by atoms with Crippen LogP contribution in [0.3, 0.4) is 0 Å². The summed E-state index contributed by atoms with van der Waals surface area (Å²) < 4.78 is 0. The Morgan fingerprint density at radius 2 is 1.65 bits per heavy atom. The van der Waals surface area contributed by atoms with E-state index >= 15 is 0 Å². The maximum absolute atomic E-state index is 2.35. The summed E-state index contributed by atoms with van der Waals surface area (Å²) in [5.74, 6) is 0. The number of halogens is 2. The van der Waals surface area contributed by atoms with E-state index in [1.54, 1.807) is 0 Å². The fourth-order valence-electron chi connectivity index (χ4n) is 2.06. The summed E-state index contributed by atoms with van der Waals surface area (Å²) in [5, 5.41) is 2.83. The van der Waals surface area contributed by atoms with E-state index in [-0.39, 0.29) is 74.2 Å². The smallest absolute Gasteiger partial charge is 1.00 e. The number of benzene rings is 1. The van der Waals surface area contributed by atoms with Gasteiger partial charge in [0.2, 0.25) is 0 Å². The van der Waals surface area contributed by atoms with Crippen LogP contribution in [0.2, 0.25) is 13.1 Å². The number of rotatable bonds is 3. The quantitative estimate of drug-likeness (QED) is 0.246. The zero-order valence-corrected chi connectivity index (χ0v) is 20.5. The second-order valence-corrected chi connectivity index (χ2v) is 5.49. The van der Waals surface area contributed by atoms with Crippen LogP contribution in [0, 0.1) is 6.92 Å². The van der Waals surface area contributed by atoms with Gasteiger partial charge in [-0.05, 0) is 6.42 Å². The Morgan fingerprint density at radius 3 is 2.15 bits per heavy atom. The van der Waals surface area contributed by atoms with Crippen LogP contribution in [0.25, 0.3) is 10.8 Å². The molecule has 0 saturated carbocycles. The van der Waals surface area contributed by atoms with Crippen molar-refractivity contribution in [2.75, 3.05) is 0 Å². The number of hydrogen-bond acceptors (Lipinski definition) is 0. The van der Waals surface area contributed by atoms with E-state index in [2.05, 4.69) is 57.3 Å². The molecular formula is C16H23I2SiZr. The third-order valence-electron chi connectivity index (χ3n) is 2.98. The summed E-state index contributed by atoms with van der Waals surface area (Å²) in [6.07, 6.45) is 3.81. The van der Waals surface area contributed by atoms with E-state index in [4.69, 9.17) is 0 Å². The topological polar surface area (TPSA) is 0 Å². The number of unbranched alkanes of at least 4 members (excludes halogenated alkanes) is 1. The SMILES string of the molecule is CCCCc1[cH-]c2ccccc2c1C.C[Si]C.[I-].[I-].[Zr+3]. The van der Waals surface area contributed by atoms with Crippen LogP contribution in [0.1, 0.15) is 30.9 Å². The van der Waals surface area contributed by atoms with E-state index in [1.807, 2.05) is 0 Å². The predicted molar refractivity (Wildman–Crippen MR) is 80.4 cm³/mol. The second-order valence-electron chi connectivity index (χ2n) is 4.49. The standard InChI is InChI=1S/C14H17.C2H6Si.2HI.Zr/c1-3-4-7-12-10-13-8-5-6-9-14(13)11(12)2;1-3-2;;;/h5-6,8-10H,3-4,7H2,1-2H3;1-2H3;2*1H;/q-1;;;;+3/p-2. The molecule has 0 heterocycles. The number of aryl methyl sites for hydroxylation is 2. The van der Waals surface area contributed by atoms with Crippen molar-refractivity contribution < 1.29 is 74.2 Å². The van der Waals surface area contributed by atoms with Gasteiger partial charge in [0, 0.05) is 9.52 Å². The molecule has 0 aliphatic heterocycles. The van der Waals surface area contributed by atoms with Gasteiger partial charge in [-0.25, -0.2) is 0 Å². The van der Waals surface area contributed by atoms with Gasteiger partial charge in [-0.15, -0.1) is 40.6 Å². The van der Waals surface area contributed by atoms with Gasteiger partial charge >= 0.3 is 26.2 Å². The van der Waals surface area contributed by atoms with Gasteiger partial charge in [-0.3, -0.25) is 0 Å². The van der Waals surface area contributed by atoms with Gasteiger partial charge in [0.05, 0.1) is 0 Å². The molecule has 0 fully saturated rings. The zero-order valence-electron chi connectivity index (χ0n) is 12.8. The Hall–Kier alpha value is 1.39. The van der Waals surface area contributed by atoms with E-state index in [9.17, 15) is 0 Å². The van der Waals surface area contributed by atoms with Crippen molar-refractivity contribution in [1.29, 1.82) is 0 Å². The van der Waals surface area contributed by atoms with E-state index in [0.29, 0.717) is 0 Å². The molecule has 0 saturated heterocycles. The molecule has 0 aliphatic rings. The van der Waals surface area contributed by atoms with Crippen LogP contribution in [0.4, 0.5) is 0 Å². The minimum atomic E-state index is 0. The first-order valence-electron chi connectivity index (χ1n) is 6.47. The maximum Gasteiger partial charge on any atom is 3.00 e. The van der Waals surface area contributed by atoms with Crippen molar-refractivity contribution in [2.45, 2.75) is 46.2 Å². The van der Waals surface area contributed by atoms with Crippen LogP contribution in [-0.2, 0) is 32.6 Å². The fraction of sp³-hybridized carbons (Fsp3) is 0.438. The molecule has 0 aromatic heterocycles. The van der Waals surface area contributed by atoms with Gasteiger partial charge in [0.15, 0.2) is 0 Å². The van der Waals surface area contributed by atoms with Crippen LogP contribution in [0.15, 0.2) is 30.3 Å². The molecule has 2 aromatic rings. The van der Waals surface area contributed by atoms with Crippen LogP contribution < -0.4 is 48.0 Å². The molecule has 0 bridgehead atoms. The normalized spacial score (nSPS) is 8.60. The summed E-state index contributed by atoms with van der Waals surface area (Å²) in [5.41, 5.74) is 3.02. The summed E-state index contributed by atoms with van der Waals surface area (Å²) in [6, 6.07) is 11.0. The van der Waals surface area contributed by atoms with E-state index in [0.717, 1.165) is 9.52 Å². The van der Waals surface area contributed by atoms with Gasteiger partial charge in [-0.1, -0.05) is 45.8 Å². The van der Waals surface area contributed by atoms with E-state index < -0.39 is 0 Å². The molecular weight excluding hydrogens is 565 g/mol. The Morgan fingerprint density at radius 1 is 1.10 bits per heavy atom. The molecule has 4 heteroatoms. The summed E-state index contributed by atoms with van der Waals surface area (Å²) in [6.45, 7) is 8.80. The summed E-state index contributed by atoms with van der Waals surface area (Å²) in [7, 11) is 1.08. The summed E-state index contributed by atoms with van der Waals surface area (Å²) >= 11 is 0. The minimum absolute atomic E-state index is 0. The van der Waals surface area contributed by atoms with Crippen molar-refractivity contribution in [1.82, 2.24) is 0 Å². The van der Waals surface area contributed by atoms with Crippen LogP contribution in [0.5, 0.6) is 0 Å². The molecule has 20 heavy (non-hydrogen) atoms. The molecule has 3 radical (unpaired) electrons. The number of hydrogen-bond donors (Lipinski definition) is 0. The van der Waals surface area contributed by atoms with Crippen LogP contribution >= 0.6 is 0 Å². The zero-order chi connectivity index (χ0) is 12.7. The molecule has 0 nitrogen and oxygen atoms in total. The molecule has 0 spiro atoms. The summed E-state index contributed by atoms with van der Waals surface area (Å²) in [4.78, 5) is 0. The van der Waals surface area contributed by atoms with Crippen molar-refractivity contribution in [2.24, 2.45) is 0 Å². The molecule has 2 aromatic carbocycles. The Balaban J connectivity index is -0.000000445. The molecule has 2 rings (SSSR count). The van der Waals surface area contributed by atoms with Gasteiger partial charge in [0.25, 0.3) is 0 Å². The van der Waals surface area contributed by atoms with Crippen molar-refractivity contribution >= 4 is 20.3 Å². The third kappa shape index (κ3) is 8.14. The molecule has 0 aliphatic carbocycles. The molecule has 0 amide bonds. The second kappa shape index (κ2) is 15.3. The average Bonchev–Trinajstić information content (AvgIpc) is 2.65. The Kier molecular flexibility index (Phi) is 20.1. The fourth-order valence-corrected chi connectivity index (χ4v) is 2.06. The monoisotopic (exact) mass is 587 g/mol. The first-order valence-corrected chi connectivity index (χ1v) is 8.47. The Bertz CT molecular complexity index is 455. The van der Waals surface area contributed by atoms with Gasteiger partial charge in [0.1, 0.15) is 0 Å². The van der Waals surface area contributed by atoms with Crippen molar-refractivity contribution in [3.8, 4) is 0 Å². The molecule has 0 unspecified atom stereocenters. The molecule has 109 valence electrons. The van der Waals surface area contributed by atoms with Gasteiger partial charge < -0.3 is 48.0 Å². The first kappa shape index (κ1) is 26.3. The third-order valence-corrected chi connectivity index (χ3v) is 2.98. The largest absolute Gasteiger partial charge is 3.00 e. The van der Waals surface area contributed by atoms with E-state index in [1.165, 1.54) is 41.2 Å². The maximum atomic E-state index is 2.35.